The lowest BCUT2D eigenvalue weighted by molar-refractivity contribution is -0.122. The number of nitrogens with one attached hydrogen (secondary N) is 2. The minimum Gasteiger partial charge on any atom is -0.356 e. The van der Waals surface area contributed by atoms with Crippen LogP contribution in [0.2, 0.25) is 0 Å². The quantitative estimate of drug-likeness (QED) is 0.281. The minimum absolute atomic E-state index is 0.0601. The molecule has 0 fully saturated rings. The predicted molar refractivity (Wildman–Crippen MR) is 114 cm³/mol. The van der Waals surface area contributed by atoms with Crippen LogP contribution in [0.25, 0.3) is 0 Å². The number of hydrogen-bond donors (Lipinski definition) is 2. The van der Waals surface area contributed by atoms with E-state index in [1.165, 1.54) is 0 Å². The molecule has 0 saturated carbocycles. The first-order valence-electron chi connectivity index (χ1n) is 11.0. The third kappa shape index (κ3) is 15.6. The predicted octanol–water partition coefficient (Wildman–Crippen LogP) is 2.63. The van der Waals surface area contributed by atoms with Crippen molar-refractivity contribution in [1.29, 1.82) is 0 Å². The SMILES string of the molecule is CC[15N](CC)CCCCNC(=O)CCCC(=O)NCCCC[15N](CC)CC. The first-order chi connectivity index (χ1) is 13.1. The molecule has 0 aromatic carbocycles. The summed E-state index contributed by atoms with van der Waals surface area (Å²) in [5.41, 5.74) is 0. The molecule has 0 aliphatic heterocycles. The van der Waals surface area contributed by atoms with Crippen LogP contribution in [0.5, 0.6) is 0 Å². The van der Waals surface area contributed by atoms with Crippen molar-refractivity contribution in [3.8, 4) is 0 Å². The monoisotopic (exact) mass is 386 g/mol. The van der Waals surface area contributed by atoms with Gasteiger partial charge in [0.2, 0.25) is 11.8 Å². The molecule has 0 spiro atoms. The van der Waals surface area contributed by atoms with E-state index in [0.717, 1.165) is 78.0 Å². The normalized spacial score (nSPS) is 11.2. The molecule has 27 heavy (non-hydrogen) atoms. The largest absolute Gasteiger partial charge is 0.356 e. The topological polar surface area (TPSA) is 64.7 Å². The van der Waals surface area contributed by atoms with Crippen LogP contribution in [0.3, 0.4) is 0 Å². The first kappa shape index (κ1) is 25.9. The highest BCUT2D eigenvalue weighted by molar-refractivity contribution is 5.78. The molecule has 0 aromatic rings. The second kappa shape index (κ2) is 18.2. The van der Waals surface area contributed by atoms with Gasteiger partial charge in [0, 0.05) is 25.9 Å². The van der Waals surface area contributed by atoms with Gasteiger partial charge in [0.15, 0.2) is 0 Å². The van der Waals surface area contributed by atoms with E-state index >= 15 is 0 Å². The van der Waals surface area contributed by atoms with E-state index in [1.807, 2.05) is 0 Å². The number of hydrogen-bond acceptors (Lipinski definition) is 4. The lowest BCUT2D eigenvalue weighted by atomic mass is 10.2. The Balaban J connectivity index is 3.51. The van der Waals surface area contributed by atoms with Crippen LogP contribution >= 0.6 is 0 Å². The van der Waals surface area contributed by atoms with Gasteiger partial charge in [0.1, 0.15) is 0 Å². The highest BCUT2D eigenvalue weighted by Gasteiger charge is 2.05. The van der Waals surface area contributed by atoms with Gasteiger partial charge in [-0.25, -0.2) is 0 Å². The van der Waals surface area contributed by atoms with Gasteiger partial charge in [0.05, 0.1) is 0 Å². The molecule has 0 aromatic heterocycles. The summed E-state index contributed by atoms with van der Waals surface area (Å²) in [6, 6.07) is 0. The van der Waals surface area contributed by atoms with Gasteiger partial charge in [-0.1, -0.05) is 27.7 Å². The van der Waals surface area contributed by atoms with Crippen molar-refractivity contribution >= 4 is 11.8 Å². The Morgan fingerprint density at radius 2 is 0.963 bits per heavy atom. The highest BCUT2D eigenvalue weighted by Crippen LogP contribution is 1.98. The van der Waals surface area contributed by atoms with Gasteiger partial charge < -0.3 is 20.4 Å². The fourth-order valence-electron chi connectivity index (χ4n) is 3.04. The molecule has 0 unspecified atom stereocenters. The van der Waals surface area contributed by atoms with E-state index in [4.69, 9.17) is 0 Å². The number of rotatable bonds is 18. The van der Waals surface area contributed by atoms with Crippen molar-refractivity contribution in [3.63, 3.8) is 0 Å². The Morgan fingerprint density at radius 3 is 1.30 bits per heavy atom. The molecule has 0 rings (SSSR count). The van der Waals surface area contributed by atoms with E-state index in [0.29, 0.717) is 19.3 Å². The van der Waals surface area contributed by atoms with Crippen LogP contribution < -0.4 is 10.6 Å². The molecule has 0 radical (unpaired) electrons. The van der Waals surface area contributed by atoms with Crippen LogP contribution in [0.1, 0.15) is 72.6 Å². The molecule has 160 valence electrons. The molecule has 0 aliphatic carbocycles. The molecule has 6 heteroatoms. The summed E-state index contributed by atoms with van der Waals surface area (Å²) in [4.78, 5) is 28.4. The average molecular weight is 387 g/mol. The Bertz CT molecular complexity index is 335. The second-order valence-electron chi connectivity index (χ2n) is 7.02. The van der Waals surface area contributed by atoms with E-state index in [2.05, 4.69) is 48.1 Å². The summed E-state index contributed by atoms with van der Waals surface area (Å²) in [5, 5.41) is 5.91. The summed E-state index contributed by atoms with van der Waals surface area (Å²) in [5.74, 6) is 0.120. The fraction of sp³-hybridized carbons (Fsp3) is 0.905. The van der Waals surface area contributed by atoms with E-state index in [-0.39, 0.29) is 11.8 Å². The van der Waals surface area contributed by atoms with Gasteiger partial charge in [-0.2, -0.15) is 0 Å². The maximum Gasteiger partial charge on any atom is 0.220 e. The van der Waals surface area contributed by atoms with Crippen molar-refractivity contribution in [2.75, 3.05) is 52.4 Å². The molecule has 0 aliphatic rings. The van der Waals surface area contributed by atoms with Gasteiger partial charge >= 0.3 is 0 Å². The third-order valence-corrected chi connectivity index (χ3v) is 5.04. The molecular formula is C21H44N4O2. The van der Waals surface area contributed by atoms with Crippen molar-refractivity contribution in [2.24, 2.45) is 0 Å². The zero-order chi connectivity index (χ0) is 20.3. The molecular weight excluding hydrogens is 342 g/mol. The fourth-order valence-corrected chi connectivity index (χ4v) is 3.04. The van der Waals surface area contributed by atoms with Crippen molar-refractivity contribution in [3.05, 3.63) is 0 Å². The second-order valence-corrected chi connectivity index (χ2v) is 7.02. The molecule has 0 bridgehead atoms. The standard InChI is InChI=1S/C21H44N4O2/c1-5-24(6-2)18-11-9-16-22-20(26)14-13-15-21(27)23-17-10-12-19-25(7-3)8-4/h5-19H2,1-4H3,(H,22,26)(H,23,27)/i24+1,25+1. The van der Waals surface area contributed by atoms with E-state index in [1.54, 1.807) is 0 Å². The zero-order valence-corrected chi connectivity index (χ0v) is 18.3. The molecule has 2 N–H and O–H groups in total. The number of amides is 2. The average Bonchev–Trinajstić information content (AvgIpc) is 2.67. The van der Waals surface area contributed by atoms with Crippen molar-refractivity contribution < 1.29 is 9.59 Å². The smallest absolute Gasteiger partial charge is 0.220 e. The Hall–Kier alpha value is -1.14. The Kier molecular flexibility index (Phi) is 17.5. The molecule has 0 saturated heterocycles. The number of nitrogens with zero attached hydrogens (tertiary/aromatic N) is 2. The summed E-state index contributed by atoms with van der Waals surface area (Å²) < 4.78 is 0. The summed E-state index contributed by atoms with van der Waals surface area (Å²) in [6.45, 7) is 16.7. The first-order valence-corrected chi connectivity index (χ1v) is 11.0. The number of carbonyl (C=O) groups is 2. The number of carbonyl (C=O) groups excluding carboxylic acids is 2. The van der Waals surface area contributed by atoms with Crippen molar-refractivity contribution in [2.45, 2.75) is 72.6 Å². The molecule has 0 atom stereocenters. The minimum atomic E-state index is 0.0601. The molecule has 0 heterocycles. The lowest BCUT2D eigenvalue weighted by Gasteiger charge is -2.17. The summed E-state index contributed by atoms with van der Waals surface area (Å²) in [7, 11) is 0. The number of unbranched alkanes of at least 4 members (excludes halogenated alkanes) is 2. The molecule has 6 nitrogen and oxygen atoms in total. The van der Waals surface area contributed by atoms with Crippen LogP contribution in [0.15, 0.2) is 0 Å². The summed E-state index contributed by atoms with van der Waals surface area (Å²) in [6.07, 6.45) is 5.73. The van der Waals surface area contributed by atoms with Gasteiger partial charge in [-0.15, -0.1) is 0 Å². The van der Waals surface area contributed by atoms with E-state index in [9.17, 15) is 9.59 Å². The van der Waals surface area contributed by atoms with Gasteiger partial charge in [-0.3, -0.25) is 9.59 Å². The Labute approximate surface area is 167 Å². The van der Waals surface area contributed by atoms with Crippen LogP contribution in [-0.4, -0.2) is 74.0 Å². The zero-order valence-electron chi connectivity index (χ0n) is 18.3. The maximum absolute atomic E-state index is 11.8. The third-order valence-electron chi connectivity index (χ3n) is 5.04. The van der Waals surface area contributed by atoms with Crippen molar-refractivity contribution in [1.82, 2.24) is 20.4 Å². The lowest BCUT2D eigenvalue weighted by Crippen LogP contribution is -2.28. The van der Waals surface area contributed by atoms with Gasteiger partial charge in [-0.05, 0) is 71.4 Å². The maximum atomic E-state index is 11.8. The highest BCUT2D eigenvalue weighted by atomic mass is 16.2. The van der Waals surface area contributed by atoms with Gasteiger partial charge in [0.25, 0.3) is 0 Å². The van der Waals surface area contributed by atoms with Crippen LogP contribution in [0.4, 0.5) is 0 Å². The van der Waals surface area contributed by atoms with Crippen LogP contribution in [-0.2, 0) is 9.59 Å². The summed E-state index contributed by atoms with van der Waals surface area (Å²) >= 11 is 0. The molecule has 2 amide bonds. The van der Waals surface area contributed by atoms with E-state index < -0.39 is 0 Å². The van der Waals surface area contributed by atoms with Crippen LogP contribution in [0, 0.1) is 0 Å². The Morgan fingerprint density at radius 1 is 0.593 bits per heavy atom.